The van der Waals surface area contributed by atoms with Gasteiger partial charge in [-0.2, -0.15) is 0 Å². The third kappa shape index (κ3) is 2.76. The van der Waals surface area contributed by atoms with Gasteiger partial charge in [0.25, 0.3) is 5.91 Å². The topological polar surface area (TPSA) is 76.0 Å². The molecule has 2 aromatic heterocycles. The van der Waals surface area contributed by atoms with E-state index in [4.69, 9.17) is 4.74 Å². The SMILES string of the molecule is CCn1ccnc1C(=O)N1C[C@H](OC)C[C@H]1c1nc(C)c(C)[nH]1. The average Bonchev–Trinajstić information content (AvgIpc) is 3.25. The van der Waals surface area contributed by atoms with Gasteiger partial charge in [0.2, 0.25) is 0 Å². The molecule has 1 fully saturated rings. The van der Waals surface area contributed by atoms with E-state index in [1.54, 1.807) is 13.3 Å². The molecule has 0 unspecified atom stereocenters. The van der Waals surface area contributed by atoms with Gasteiger partial charge in [0.15, 0.2) is 5.82 Å². The quantitative estimate of drug-likeness (QED) is 0.933. The summed E-state index contributed by atoms with van der Waals surface area (Å²) >= 11 is 0. The normalized spacial score (nSPS) is 21.1. The minimum atomic E-state index is -0.109. The van der Waals surface area contributed by atoms with Crippen LogP contribution >= 0.6 is 0 Å². The monoisotopic (exact) mass is 317 g/mol. The van der Waals surface area contributed by atoms with Crippen molar-refractivity contribution in [3.8, 4) is 0 Å². The summed E-state index contributed by atoms with van der Waals surface area (Å²) in [7, 11) is 1.68. The number of aryl methyl sites for hydroxylation is 3. The van der Waals surface area contributed by atoms with E-state index in [9.17, 15) is 4.79 Å². The molecule has 0 aromatic carbocycles. The maximum Gasteiger partial charge on any atom is 0.290 e. The lowest BCUT2D eigenvalue weighted by Gasteiger charge is -2.22. The Morgan fingerprint density at radius 1 is 1.48 bits per heavy atom. The highest BCUT2D eigenvalue weighted by molar-refractivity contribution is 5.91. The summed E-state index contributed by atoms with van der Waals surface area (Å²) in [6.07, 6.45) is 4.24. The molecule has 3 rings (SSSR count). The summed E-state index contributed by atoms with van der Waals surface area (Å²) in [6, 6.07) is -0.109. The summed E-state index contributed by atoms with van der Waals surface area (Å²) in [5.74, 6) is 1.21. The summed E-state index contributed by atoms with van der Waals surface area (Å²) < 4.78 is 7.35. The lowest BCUT2D eigenvalue weighted by atomic mass is 10.2. The molecule has 0 aliphatic carbocycles. The Morgan fingerprint density at radius 3 is 2.87 bits per heavy atom. The van der Waals surface area contributed by atoms with Gasteiger partial charge in [-0.05, 0) is 20.8 Å². The molecule has 7 nitrogen and oxygen atoms in total. The van der Waals surface area contributed by atoms with Crippen molar-refractivity contribution in [3.63, 3.8) is 0 Å². The number of nitrogens with zero attached hydrogens (tertiary/aromatic N) is 4. The predicted molar refractivity (Wildman–Crippen MR) is 85.2 cm³/mol. The summed E-state index contributed by atoms with van der Waals surface area (Å²) in [5, 5.41) is 0. The minimum Gasteiger partial charge on any atom is -0.380 e. The van der Waals surface area contributed by atoms with Crippen LogP contribution in [0.2, 0.25) is 0 Å². The first-order valence-electron chi connectivity index (χ1n) is 7.93. The van der Waals surface area contributed by atoms with E-state index in [-0.39, 0.29) is 18.1 Å². The number of amides is 1. The first kappa shape index (κ1) is 15.7. The summed E-state index contributed by atoms with van der Waals surface area (Å²) in [5.41, 5.74) is 1.99. The standard InChI is InChI=1S/C16H23N5O2/c1-5-20-7-6-17-15(20)16(22)21-9-12(23-4)8-13(21)14-18-10(2)11(3)19-14/h6-7,12-13H,5,8-9H2,1-4H3,(H,18,19)/t12-,13+/m1/s1. The lowest BCUT2D eigenvalue weighted by molar-refractivity contribution is 0.0668. The minimum absolute atomic E-state index is 0.0136. The number of ether oxygens (including phenoxy) is 1. The Bertz CT molecular complexity index is 686. The van der Waals surface area contributed by atoms with Crippen LogP contribution in [0.3, 0.4) is 0 Å². The third-order valence-corrected chi connectivity index (χ3v) is 4.57. The van der Waals surface area contributed by atoms with E-state index in [1.807, 2.05) is 36.4 Å². The Kier molecular flexibility index (Phi) is 4.21. The van der Waals surface area contributed by atoms with Gasteiger partial charge in [0.1, 0.15) is 5.82 Å². The van der Waals surface area contributed by atoms with Crippen LogP contribution in [0.5, 0.6) is 0 Å². The van der Waals surface area contributed by atoms with Gasteiger partial charge < -0.3 is 19.2 Å². The van der Waals surface area contributed by atoms with Gasteiger partial charge >= 0.3 is 0 Å². The summed E-state index contributed by atoms with van der Waals surface area (Å²) in [6.45, 7) is 7.22. The Balaban J connectivity index is 1.93. The number of carbonyl (C=O) groups excluding carboxylic acids is 1. The highest BCUT2D eigenvalue weighted by Crippen LogP contribution is 2.33. The first-order valence-corrected chi connectivity index (χ1v) is 7.93. The van der Waals surface area contributed by atoms with E-state index in [0.29, 0.717) is 18.9 Å². The van der Waals surface area contributed by atoms with Gasteiger partial charge in [-0.25, -0.2) is 9.97 Å². The number of aromatic amines is 1. The average molecular weight is 317 g/mol. The number of H-pyrrole nitrogens is 1. The van der Waals surface area contributed by atoms with Crippen LogP contribution in [0.15, 0.2) is 12.4 Å². The fourth-order valence-corrected chi connectivity index (χ4v) is 3.08. The number of aromatic nitrogens is 4. The van der Waals surface area contributed by atoms with Crippen LogP contribution in [0.1, 0.15) is 47.2 Å². The smallest absolute Gasteiger partial charge is 0.290 e. The maximum atomic E-state index is 13.0. The molecule has 0 bridgehead atoms. The van der Waals surface area contributed by atoms with Gasteiger partial charge in [-0.1, -0.05) is 0 Å². The van der Waals surface area contributed by atoms with Crippen LogP contribution in [-0.2, 0) is 11.3 Å². The van der Waals surface area contributed by atoms with Crippen LogP contribution in [0.4, 0.5) is 0 Å². The second-order valence-corrected chi connectivity index (χ2v) is 5.94. The Morgan fingerprint density at radius 2 is 2.26 bits per heavy atom. The molecule has 1 N–H and O–H groups in total. The van der Waals surface area contributed by atoms with Crippen molar-refractivity contribution in [2.75, 3.05) is 13.7 Å². The van der Waals surface area contributed by atoms with Crippen molar-refractivity contribution >= 4 is 5.91 Å². The molecule has 23 heavy (non-hydrogen) atoms. The molecule has 3 heterocycles. The predicted octanol–water partition coefficient (Wildman–Crippen LogP) is 1.85. The molecule has 0 saturated carbocycles. The highest BCUT2D eigenvalue weighted by Gasteiger charge is 2.39. The number of likely N-dealkylation sites (tertiary alicyclic amines) is 1. The number of nitrogens with one attached hydrogen (secondary N) is 1. The molecular weight excluding hydrogens is 294 g/mol. The molecule has 1 aliphatic heterocycles. The molecule has 2 atom stereocenters. The zero-order valence-corrected chi connectivity index (χ0v) is 14.0. The fraction of sp³-hybridized carbons (Fsp3) is 0.562. The van der Waals surface area contributed by atoms with E-state index < -0.39 is 0 Å². The van der Waals surface area contributed by atoms with Gasteiger partial charge in [0.05, 0.1) is 17.8 Å². The molecule has 124 valence electrons. The number of rotatable bonds is 4. The van der Waals surface area contributed by atoms with Crippen LogP contribution in [0, 0.1) is 13.8 Å². The number of hydrogen-bond acceptors (Lipinski definition) is 4. The van der Waals surface area contributed by atoms with Gasteiger partial charge in [0, 0.05) is 44.7 Å². The second-order valence-electron chi connectivity index (χ2n) is 5.94. The highest BCUT2D eigenvalue weighted by atomic mass is 16.5. The van der Waals surface area contributed by atoms with Crippen molar-refractivity contribution in [3.05, 3.63) is 35.4 Å². The zero-order valence-electron chi connectivity index (χ0n) is 14.0. The third-order valence-electron chi connectivity index (χ3n) is 4.57. The van der Waals surface area contributed by atoms with E-state index in [0.717, 1.165) is 23.6 Å². The Hall–Kier alpha value is -2.15. The number of hydrogen-bond donors (Lipinski definition) is 1. The molecular formula is C16H23N5O2. The summed E-state index contributed by atoms with van der Waals surface area (Å²) in [4.78, 5) is 26.9. The molecule has 7 heteroatoms. The second kappa shape index (κ2) is 6.16. The van der Waals surface area contributed by atoms with Crippen LogP contribution in [0.25, 0.3) is 0 Å². The van der Waals surface area contributed by atoms with Crippen molar-refractivity contribution in [1.29, 1.82) is 0 Å². The number of carbonyl (C=O) groups is 1. The van der Waals surface area contributed by atoms with E-state index >= 15 is 0 Å². The van der Waals surface area contributed by atoms with Gasteiger partial charge in [-0.3, -0.25) is 4.79 Å². The zero-order chi connectivity index (χ0) is 16.6. The molecule has 0 radical (unpaired) electrons. The van der Waals surface area contributed by atoms with Gasteiger partial charge in [-0.15, -0.1) is 0 Å². The molecule has 1 amide bonds. The van der Waals surface area contributed by atoms with Crippen LogP contribution in [-0.4, -0.2) is 50.1 Å². The van der Waals surface area contributed by atoms with E-state index in [1.165, 1.54) is 0 Å². The largest absolute Gasteiger partial charge is 0.380 e. The first-order chi connectivity index (χ1) is 11.0. The van der Waals surface area contributed by atoms with Crippen molar-refractivity contribution < 1.29 is 9.53 Å². The maximum absolute atomic E-state index is 13.0. The van der Waals surface area contributed by atoms with Crippen LogP contribution < -0.4 is 0 Å². The lowest BCUT2D eigenvalue weighted by Crippen LogP contribution is -2.34. The Labute approximate surface area is 135 Å². The fourth-order valence-electron chi connectivity index (χ4n) is 3.08. The van der Waals surface area contributed by atoms with Crippen molar-refractivity contribution in [2.45, 2.75) is 45.9 Å². The molecule has 1 saturated heterocycles. The number of imidazole rings is 2. The molecule has 2 aromatic rings. The molecule has 0 spiro atoms. The number of methoxy groups -OCH3 is 1. The molecule has 1 aliphatic rings. The van der Waals surface area contributed by atoms with E-state index in [2.05, 4.69) is 15.0 Å². The van der Waals surface area contributed by atoms with Crippen molar-refractivity contribution in [2.24, 2.45) is 0 Å². The van der Waals surface area contributed by atoms with Crippen molar-refractivity contribution in [1.82, 2.24) is 24.4 Å².